The lowest BCUT2D eigenvalue weighted by Gasteiger charge is -2.38. The zero-order chi connectivity index (χ0) is 25.5. The molecule has 2 aromatic carbocycles. The van der Waals surface area contributed by atoms with Crippen molar-refractivity contribution in [3.63, 3.8) is 0 Å². The summed E-state index contributed by atoms with van der Waals surface area (Å²) in [6, 6.07) is 1.80. The molecule has 0 aliphatic heterocycles. The number of ketones is 2. The highest BCUT2D eigenvalue weighted by Crippen LogP contribution is 2.56. The van der Waals surface area contributed by atoms with Gasteiger partial charge in [-0.3, -0.25) is 9.59 Å². The molecule has 0 aromatic heterocycles. The van der Waals surface area contributed by atoms with Gasteiger partial charge in [-0.1, -0.05) is 12.1 Å². The monoisotopic (exact) mass is 476 g/mol. The summed E-state index contributed by atoms with van der Waals surface area (Å²) < 4.78 is 85.8. The minimum Gasteiger partial charge on any atom is -0.478 e. The predicted octanol–water partition coefficient (Wildman–Crippen LogP) is 4.90. The maximum Gasteiger partial charge on any atom is 0.411 e. The number of hydrogen-bond acceptors (Lipinski definition) is 4. The normalized spacial score (nSPS) is 12.4. The molecular formula is C21H14F6O6. The fourth-order valence-corrected chi connectivity index (χ4v) is 3.49. The summed E-state index contributed by atoms with van der Waals surface area (Å²) in [6.45, 7) is 1.54. The molecule has 2 N–H and O–H groups in total. The fraction of sp³-hybridized carbons (Fsp3) is 0.238. The van der Waals surface area contributed by atoms with E-state index >= 15 is 0 Å². The zero-order valence-electron chi connectivity index (χ0n) is 16.8. The SMILES string of the molecule is CC(=O)c1cc(C(c2ccc(C(=O)O)c(C(C)=O)c2)(C(F)(F)F)C(F)(F)F)ccc1C(=O)O. The maximum atomic E-state index is 14.3. The van der Waals surface area contributed by atoms with Crippen molar-refractivity contribution in [2.75, 3.05) is 0 Å². The first-order valence-electron chi connectivity index (χ1n) is 8.87. The molecule has 0 aliphatic rings. The molecular weight excluding hydrogens is 462 g/mol. The minimum atomic E-state index is -6.11. The van der Waals surface area contributed by atoms with Crippen LogP contribution in [-0.2, 0) is 5.41 Å². The first-order valence-corrected chi connectivity index (χ1v) is 8.87. The van der Waals surface area contributed by atoms with Crippen LogP contribution in [0.15, 0.2) is 36.4 Å². The lowest BCUT2D eigenvalue weighted by molar-refractivity contribution is -0.288. The van der Waals surface area contributed by atoms with E-state index in [2.05, 4.69) is 0 Å². The van der Waals surface area contributed by atoms with Gasteiger partial charge in [0.05, 0.1) is 11.1 Å². The van der Waals surface area contributed by atoms with Gasteiger partial charge in [0.25, 0.3) is 0 Å². The Bertz CT molecular complexity index is 1070. The second-order valence-corrected chi connectivity index (χ2v) is 6.99. The molecule has 176 valence electrons. The standard InChI is InChI=1S/C21H14F6O6/c1-9(28)15-7-11(3-5-13(15)17(30)31)19(20(22,23)24,21(25,26)27)12-4-6-14(18(32)33)16(8-12)10(2)29/h3-8H,1-2H3,(H,30,31)(H,32,33). The molecule has 2 rings (SSSR count). The number of carboxylic acids is 2. The van der Waals surface area contributed by atoms with Crippen molar-refractivity contribution in [3.05, 3.63) is 69.8 Å². The van der Waals surface area contributed by atoms with Gasteiger partial charge in [-0.05, 0) is 49.2 Å². The molecule has 0 amide bonds. The maximum absolute atomic E-state index is 14.3. The number of carbonyl (C=O) groups is 4. The van der Waals surface area contributed by atoms with E-state index in [-0.39, 0.29) is 24.3 Å². The van der Waals surface area contributed by atoms with E-state index in [1.807, 2.05) is 0 Å². The quantitative estimate of drug-likeness (QED) is 0.454. The highest BCUT2D eigenvalue weighted by atomic mass is 19.4. The number of carboxylic acid groups (broad SMARTS) is 2. The van der Waals surface area contributed by atoms with Crippen LogP contribution < -0.4 is 0 Å². The van der Waals surface area contributed by atoms with Crippen LogP contribution in [0.4, 0.5) is 26.3 Å². The molecule has 0 saturated heterocycles. The Kier molecular flexibility index (Phi) is 6.46. The van der Waals surface area contributed by atoms with Gasteiger partial charge in [0.1, 0.15) is 0 Å². The lowest BCUT2D eigenvalue weighted by atomic mass is 9.71. The number of rotatable bonds is 6. The van der Waals surface area contributed by atoms with Crippen LogP contribution >= 0.6 is 0 Å². The molecule has 0 saturated carbocycles. The molecule has 12 heteroatoms. The topological polar surface area (TPSA) is 109 Å². The van der Waals surface area contributed by atoms with Crippen molar-refractivity contribution in [3.8, 4) is 0 Å². The molecule has 0 atom stereocenters. The van der Waals surface area contributed by atoms with Crippen LogP contribution in [0.1, 0.15) is 66.4 Å². The highest BCUT2D eigenvalue weighted by Gasteiger charge is 2.72. The van der Waals surface area contributed by atoms with Gasteiger partial charge in [-0.15, -0.1) is 0 Å². The third-order valence-corrected chi connectivity index (χ3v) is 4.97. The van der Waals surface area contributed by atoms with Crippen molar-refractivity contribution >= 4 is 23.5 Å². The zero-order valence-corrected chi connectivity index (χ0v) is 16.8. The molecule has 0 radical (unpaired) electrons. The second-order valence-electron chi connectivity index (χ2n) is 6.99. The van der Waals surface area contributed by atoms with E-state index in [1.54, 1.807) is 0 Å². The van der Waals surface area contributed by atoms with Gasteiger partial charge in [0.2, 0.25) is 5.41 Å². The van der Waals surface area contributed by atoms with Crippen LogP contribution in [0.3, 0.4) is 0 Å². The van der Waals surface area contributed by atoms with Gasteiger partial charge in [0, 0.05) is 11.1 Å². The summed E-state index contributed by atoms with van der Waals surface area (Å²) in [5, 5.41) is 18.3. The molecule has 0 heterocycles. The van der Waals surface area contributed by atoms with Crippen molar-refractivity contribution in [2.45, 2.75) is 31.6 Å². The van der Waals surface area contributed by atoms with Gasteiger partial charge in [-0.2, -0.15) is 26.3 Å². The van der Waals surface area contributed by atoms with Crippen molar-refractivity contribution in [1.29, 1.82) is 0 Å². The fourth-order valence-electron chi connectivity index (χ4n) is 3.49. The third-order valence-electron chi connectivity index (χ3n) is 4.97. The second kappa shape index (κ2) is 8.34. The number of halogens is 6. The number of carbonyl (C=O) groups excluding carboxylic acids is 2. The van der Waals surface area contributed by atoms with E-state index in [1.165, 1.54) is 0 Å². The molecule has 0 spiro atoms. The molecule has 0 bridgehead atoms. The van der Waals surface area contributed by atoms with Gasteiger partial charge >= 0.3 is 24.3 Å². The summed E-state index contributed by atoms with van der Waals surface area (Å²) in [4.78, 5) is 46.2. The summed E-state index contributed by atoms with van der Waals surface area (Å²) >= 11 is 0. The van der Waals surface area contributed by atoms with Gasteiger partial charge < -0.3 is 10.2 Å². The smallest absolute Gasteiger partial charge is 0.411 e. The lowest BCUT2D eigenvalue weighted by Crippen LogP contribution is -2.55. The number of aromatic carboxylic acids is 2. The average Bonchev–Trinajstić information content (AvgIpc) is 2.65. The van der Waals surface area contributed by atoms with Crippen LogP contribution in [-0.4, -0.2) is 46.1 Å². The minimum absolute atomic E-state index is 0.186. The number of Topliss-reactive ketones (excluding diaryl/α,β-unsaturated/α-hetero) is 2. The van der Waals surface area contributed by atoms with Crippen LogP contribution in [0.5, 0.6) is 0 Å². The third kappa shape index (κ3) is 4.20. The summed E-state index contributed by atoms with van der Waals surface area (Å²) in [7, 11) is 0. The Morgan fingerprint density at radius 1 is 0.606 bits per heavy atom. The van der Waals surface area contributed by atoms with Crippen LogP contribution in [0.2, 0.25) is 0 Å². The first-order chi connectivity index (χ1) is 15.0. The Labute approximate surface area is 181 Å². The summed E-state index contributed by atoms with van der Waals surface area (Å²) in [6.07, 6.45) is -12.2. The van der Waals surface area contributed by atoms with E-state index in [4.69, 9.17) is 10.2 Å². The highest BCUT2D eigenvalue weighted by molar-refractivity contribution is 6.06. The number of alkyl halides is 6. The molecule has 0 fully saturated rings. The van der Waals surface area contributed by atoms with E-state index in [0.29, 0.717) is 12.1 Å². The average molecular weight is 476 g/mol. The van der Waals surface area contributed by atoms with E-state index in [9.17, 15) is 45.5 Å². The summed E-state index contributed by atoms with van der Waals surface area (Å²) in [5.41, 5.74) is -11.3. The molecule has 0 aliphatic carbocycles. The molecule has 6 nitrogen and oxygen atoms in total. The number of benzene rings is 2. The van der Waals surface area contributed by atoms with Crippen LogP contribution in [0, 0.1) is 0 Å². The Morgan fingerprint density at radius 3 is 1.12 bits per heavy atom. The van der Waals surface area contributed by atoms with Crippen molar-refractivity contribution in [1.82, 2.24) is 0 Å². The van der Waals surface area contributed by atoms with Gasteiger partial charge in [-0.25, -0.2) is 9.59 Å². The number of hydrogen-bond donors (Lipinski definition) is 2. The van der Waals surface area contributed by atoms with Crippen molar-refractivity contribution in [2.24, 2.45) is 0 Å². The van der Waals surface area contributed by atoms with Crippen molar-refractivity contribution < 1.29 is 55.7 Å². The van der Waals surface area contributed by atoms with E-state index in [0.717, 1.165) is 13.8 Å². The Morgan fingerprint density at radius 2 is 0.909 bits per heavy atom. The predicted molar refractivity (Wildman–Crippen MR) is 99.7 cm³/mol. The molecule has 33 heavy (non-hydrogen) atoms. The first kappa shape index (κ1) is 25.6. The van der Waals surface area contributed by atoms with Crippen LogP contribution in [0.25, 0.3) is 0 Å². The Balaban J connectivity index is 3.10. The summed E-state index contributed by atoms with van der Waals surface area (Å²) in [5.74, 6) is -5.70. The molecule has 2 aromatic rings. The largest absolute Gasteiger partial charge is 0.478 e. The Hall–Kier alpha value is -3.70. The van der Waals surface area contributed by atoms with E-state index < -0.39 is 74.7 Å². The van der Waals surface area contributed by atoms with Gasteiger partial charge in [0.15, 0.2) is 11.6 Å². The molecule has 0 unspecified atom stereocenters.